The van der Waals surface area contributed by atoms with Crippen molar-refractivity contribution in [2.75, 3.05) is 13.1 Å². The minimum Gasteiger partial charge on any atom is -0.326 e. The lowest BCUT2D eigenvalue weighted by Crippen LogP contribution is -2.28. The molecular formula is C9H17N5. The van der Waals surface area contributed by atoms with Crippen molar-refractivity contribution in [2.45, 2.75) is 19.5 Å². The van der Waals surface area contributed by atoms with Gasteiger partial charge in [-0.05, 0) is 5.92 Å². The van der Waals surface area contributed by atoms with Crippen molar-refractivity contribution in [3.8, 4) is 0 Å². The molecule has 0 bridgehead atoms. The Balaban J connectivity index is 1.93. The molecule has 2 rings (SSSR count). The van der Waals surface area contributed by atoms with Gasteiger partial charge in [-0.25, -0.2) is 0 Å². The van der Waals surface area contributed by atoms with Gasteiger partial charge in [0.2, 0.25) is 0 Å². The second kappa shape index (κ2) is 3.67. The Bertz CT molecular complexity index is 298. The van der Waals surface area contributed by atoms with Crippen LogP contribution in [0.5, 0.6) is 0 Å². The summed E-state index contributed by atoms with van der Waals surface area (Å²) in [6.45, 7) is 5.10. The number of hydrogen-bond acceptors (Lipinski definition) is 4. The molecule has 0 amide bonds. The molecule has 2 atom stereocenters. The first-order chi connectivity index (χ1) is 6.65. The van der Waals surface area contributed by atoms with Crippen molar-refractivity contribution >= 4 is 0 Å². The molecule has 2 N–H and O–H groups in total. The number of aromatic nitrogens is 3. The molecule has 0 aliphatic carbocycles. The predicted octanol–water partition coefficient (Wildman–Crippen LogP) is -0.406. The highest BCUT2D eigenvalue weighted by Gasteiger charge is 2.26. The van der Waals surface area contributed by atoms with Gasteiger partial charge in [-0.15, -0.1) is 5.10 Å². The van der Waals surface area contributed by atoms with Gasteiger partial charge in [0.25, 0.3) is 0 Å². The first-order valence-corrected chi connectivity index (χ1v) is 4.98. The number of nitrogens with two attached hydrogens (primary N) is 1. The number of rotatable bonds is 2. The SMILES string of the molecule is CC1CN(Cc2cn(C)nn2)CC1N. The molecule has 78 valence electrons. The third-order valence-corrected chi connectivity index (χ3v) is 2.78. The van der Waals surface area contributed by atoms with E-state index in [4.69, 9.17) is 5.73 Å². The van der Waals surface area contributed by atoms with E-state index in [1.54, 1.807) is 4.68 Å². The minimum absolute atomic E-state index is 0.312. The summed E-state index contributed by atoms with van der Waals surface area (Å²) in [5, 5.41) is 7.97. The van der Waals surface area contributed by atoms with E-state index in [2.05, 4.69) is 22.1 Å². The normalized spacial score (nSPS) is 28.5. The van der Waals surface area contributed by atoms with Crippen LogP contribution in [0.2, 0.25) is 0 Å². The maximum atomic E-state index is 5.94. The summed E-state index contributed by atoms with van der Waals surface area (Å²) < 4.78 is 1.73. The molecule has 0 aromatic carbocycles. The molecule has 1 aliphatic heterocycles. The number of aryl methyl sites for hydroxylation is 1. The van der Waals surface area contributed by atoms with Crippen molar-refractivity contribution < 1.29 is 0 Å². The van der Waals surface area contributed by atoms with Crippen LogP contribution in [0.4, 0.5) is 0 Å². The fourth-order valence-electron chi connectivity index (χ4n) is 1.92. The molecule has 1 aliphatic rings. The van der Waals surface area contributed by atoms with Gasteiger partial charge in [-0.3, -0.25) is 9.58 Å². The summed E-state index contributed by atoms with van der Waals surface area (Å²) in [7, 11) is 1.88. The van der Waals surface area contributed by atoms with Crippen molar-refractivity contribution in [1.29, 1.82) is 0 Å². The van der Waals surface area contributed by atoms with E-state index < -0.39 is 0 Å². The average molecular weight is 195 g/mol. The van der Waals surface area contributed by atoms with E-state index in [0.717, 1.165) is 25.3 Å². The number of likely N-dealkylation sites (tertiary alicyclic amines) is 1. The third-order valence-electron chi connectivity index (χ3n) is 2.78. The molecule has 2 unspecified atom stereocenters. The predicted molar refractivity (Wildman–Crippen MR) is 53.4 cm³/mol. The average Bonchev–Trinajstić information content (AvgIpc) is 2.62. The Morgan fingerprint density at radius 2 is 2.36 bits per heavy atom. The Labute approximate surface area is 83.9 Å². The lowest BCUT2D eigenvalue weighted by Gasteiger charge is -2.12. The van der Waals surface area contributed by atoms with Crippen LogP contribution in [0.25, 0.3) is 0 Å². The topological polar surface area (TPSA) is 60.0 Å². The van der Waals surface area contributed by atoms with E-state index in [1.807, 2.05) is 13.2 Å². The van der Waals surface area contributed by atoms with Crippen LogP contribution in [0.1, 0.15) is 12.6 Å². The van der Waals surface area contributed by atoms with E-state index >= 15 is 0 Å². The molecule has 0 radical (unpaired) electrons. The lowest BCUT2D eigenvalue weighted by atomic mass is 10.1. The zero-order valence-corrected chi connectivity index (χ0v) is 8.72. The van der Waals surface area contributed by atoms with Gasteiger partial charge in [0.05, 0.1) is 5.69 Å². The van der Waals surface area contributed by atoms with Crippen LogP contribution in [-0.4, -0.2) is 39.0 Å². The highest BCUT2D eigenvalue weighted by molar-refractivity contribution is 4.94. The third kappa shape index (κ3) is 1.93. The molecule has 1 fully saturated rings. The van der Waals surface area contributed by atoms with Gasteiger partial charge in [0.1, 0.15) is 0 Å². The molecule has 0 spiro atoms. The zero-order chi connectivity index (χ0) is 10.1. The second-order valence-corrected chi connectivity index (χ2v) is 4.22. The summed E-state index contributed by atoms with van der Waals surface area (Å²) in [5.41, 5.74) is 6.97. The maximum Gasteiger partial charge on any atom is 0.0967 e. The molecule has 0 saturated carbocycles. The van der Waals surface area contributed by atoms with Crippen LogP contribution in [0.3, 0.4) is 0 Å². The first-order valence-electron chi connectivity index (χ1n) is 4.98. The molecule has 1 saturated heterocycles. The second-order valence-electron chi connectivity index (χ2n) is 4.22. The van der Waals surface area contributed by atoms with Crippen LogP contribution >= 0.6 is 0 Å². The molecule has 14 heavy (non-hydrogen) atoms. The highest BCUT2D eigenvalue weighted by Crippen LogP contribution is 2.16. The van der Waals surface area contributed by atoms with Crippen molar-refractivity contribution in [2.24, 2.45) is 18.7 Å². The molecule has 5 nitrogen and oxygen atoms in total. The Morgan fingerprint density at radius 3 is 2.86 bits per heavy atom. The molecular weight excluding hydrogens is 178 g/mol. The minimum atomic E-state index is 0.312. The van der Waals surface area contributed by atoms with Crippen LogP contribution < -0.4 is 5.73 Å². The van der Waals surface area contributed by atoms with Gasteiger partial charge in [0, 0.05) is 38.9 Å². The first kappa shape index (κ1) is 9.61. The molecule has 1 aromatic rings. The molecule has 2 heterocycles. The van der Waals surface area contributed by atoms with E-state index in [0.29, 0.717) is 12.0 Å². The van der Waals surface area contributed by atoms with Crippen molar-refractivity contribution in [3.63, 3.8) is 0 Å². The summed E-state index contributed by atoms with van der Waals surface area (Å²) >= 11 is 0. The van der Waals surface area contributed by atoms with Crippen molar-refractivity contribution in [3.05, 3.63) is 11.9 Å². The Morgan fingerprint density at radius 1 is 1.57 bits per heavy atom. The summed E-state index contributed by atoms with van der Waals surface area (Å²) in [6.07, 6.45) is 1.95. The maximum absolute atomic E-state index is 5.94. The van der Waals surface area contributed by atoms with Crippen LogP contribution in [0.15, 0.2) is 6.20 Å². The van der Waals surface area contributed by atoms with Crippen LogP contribution in [-0.2, 0) is 13.6 Å². The fraction of sp³-hybridized carbons (Fsp3) is 0.778. The van der Waals surface area contributed by atoms with Gasteiger partial charge < -0.3 is 5.73 Å². The van der Waals surface area contributed by atoms with E-state index in [-0.39, 0.29) is 0 Å². The summed E-state index contributed by atoms with van der Waals surface area (Å²) in [4.78, 5) is 2.33. The summed E-state index contributed by atoms with van der Waals surface area (Å²) in [5.74, 6) is 0.590. The monoisotopic (exact) mass is 195 g/mol. The Kier molecular flexibility index (Phi) is 2.52. The molecule has 1 aromatic heterocycles. The van der Waals surface area contributed by atoms with Crippen molar-refractivity contribution in [1.82, 2.24) is 19.9 Å². The van der Waals surface area contributed by atoms with E-state index in [9.17, 15) is 0 Å². The quantitative estimate of drug-likeness (QED) is 0.697. The highest BCUT2D eigenvalue weighted by atomic mass is 15.4. The standard InChI is InChI=1S/C9H17N5/c1-7-3-14(6-9(7)10)5-8-4-13(2)12-11-8/h4,7,9H,3,5-6,10H2,1-2H3. The number of hydrogen-bond donors (Lipinski definition) is 1. The molecule has 5 heteroatoms. The summed E-state index contributed by atoms with van der Waals surface area (Å²) in [6, 6.07) is 0.312. The zero-order valence-electron chi connectivity index (χ0n) is 8.72. The fourth-order valence-corrected chi connectivity index (χ4v) is 1.92. The number of nitrogens with zero attached hydrogens (tertiary/aromatic N) is 4. The lowest BCUT2D eigenvalue weighted by molar-refractivity contribution is 0.315. The van der Waals surface area contributed by atoms with Crippen LogP contribution in [0, 0.1) is 5.92 Å². The van der Waals surface area contributed by atoms with Gasteiger partial charge in [-0.1, -0.05) is 12.1 Å². The van der Waals surface area contributed by atoms with E-state index in [1.165, 1.54) is 0 Å². The van der Waals surface area contributed by atoms with Gasteiger partial charge in [0.15, 0.2) is 0 Å². The largest absolute Gasteiger partial charge is 0.326 e. The smallest absolute Gasteiger partial charge is 0.0967 e. The Hall–Kier alpha value is -0.940. The van der Waals surface area contributed by atoms with Gasteiger partial charge >= 0.3 is 0 Å². The van der Waals surface area contributed by atoms with Gasteiger partial charge in [-0.2, -0.15) is 0 Å².